The maximum absolute atomic E-state index is 9.29. The fourth-order valence-corrected chi connectivity index (χ4v) is 5.16. The van der Waals surface area contributed by atoms with Crippen LogP contribution in [0, 0.1) is 11.3 Å². The van der Waals surface area contributed by atoms with Crippen molar-refractivity contribution in [3.05, 3.63) is 127 Å². The number of nitriles is 1. The first-order chi connectivity index (χ1) is 17.8. The summed E-state index contributed by atoms with van der Waals surface area (Å²) in [7, 11) is 0. The molecule has 0 aliphatic carbocycles. The van der Waals surface area contributed by atoms with Gasteiger partial charge in [-0.2, -0.15) is 10.4 Å². The van der Waals surface area contributed by atoms with Crippen LogP contribution in [0.1, 0.15) is 5.56 Å². The number of aromatic nitrogens is 3. The molecule has 4 nitrogen and oxygen atoms in total. The minimum absolute atomic E-state index is 0.663. The van der Waals surface area contributed by atoms with Crippen molar-refractivity contribution in [2.75, 3.05) is 0 Å². The summed E-state index contributed by atoms with van der Waals surface area (Å²) in [5.74, 6) is 0. The highest BCUT2D eigenvalue weighted by Gasteiger charge is 2.18. The lowest BCUT2D eigenvalue weighted by molar-refractivity contribution is 0.911. The third-order valence-electron chi connectivity index (χ3n) is 6.82. The fraction of sp³-hybridized carbons (Fsp3) is 0. The van der Waals surface area contributed by atoms with Crippen molar-refractivity contribution in [2.24, 2.45) is 0 Å². The van der Waals surface area contributed by atoms with Crippen LogP contribution in [0.4, 0.5) is 0 Å². The Labute approximate surface area is 207 Å². The van der Waals surface area contributed by atoms with Gasteiger partial charge in [-0.1, -0.05) is 72.8 Å². The van der Waals surface area contributed by atoms with Crippen molar-refractivity contribution in [3.63, 3.8) is 0 Å². The molecule has 0 atom stereocenters. The predicted molar refractivity (Wildman–Crippen MR) is 146 cm³/mol. The van der Waals surface area contributed by atoms with Crippen molar-refractivity contribution >= 4 is 32.7 Å². The van der Waals surface area contributed by atoms with Crippen LogP contribution >= 0.6 is 0 Å². The largest absolute Gasteiger partial charge is 0.307 e. The Balaban J connectivity index is 1.51. The SMILES string of the molecule is N#Cc1cccc(-c2ccc(-n3c4ccccc4c4ccc5cnn(-c6ccccc6)c5c43)cc2)c1. The molecular weight excluding hydrogens is 440 g/mol. The molecular formula is C32H20N4. The quantitative estimate of drug-likeness (QED) is 0.272. The van der Waals surface area contributed by atoms with Crippen molar-refractivity contribution in [3.8, 4) is 28.6 Å². The maximum Gasteiger partial charge on any atom is 0.0991 e. The van der Waals surface area contributed by atoms with Gasteiger partial charge in [0.05, 0.1) is 40.1 Å². The lowest BCUT2D eigenvalue weighted by Crippen LogP contribution is -1.99. The van der Waals surface area contributed by atoms with Crippen molar-refractivity contribution in [1.82, 2.24) is 14.3 Å². The first kappa shape index (κ1) is 20.3. The second-order valence-electron chi connectivity index (χ2n) is 8.88. The summed E-state index contributed by atoms with van der Waals surface area (Å²) in [6.07, 6.45) is 1.94. The second-order valence-corrected chi connectivity index (χ2v) is 8.88. The highest BCUT2D eigenvalue weighted by molar-refractivity contribution is 6.17. The van der Waals surface area contributed by atoms with E-state index in [4.69, 9.17) is 5.10 Å². The lowest BCUT2D eigenvalue weighted by atomic mass is 10.0. The van der Waals surface area contributed by atoms with Gasteiger partial charge in [0.25, 0.3) is 0 Å². The summed E-state index contributed by atoms with van der Waals surface area (Å²) < 4.78 is 4.37. The van der Waals surface area contributed by atoms with E-state index in [2.05, 4.69) is 83.4 Å². The van der Waals surface area contributed by atoms with E-state index in [0.717, 1.165) is 44.4 Å². The molecule has 0 bridgehead atoms. The normalized spacial score (nSPS) is 11.3. The fourth-order valence-electron chi connectivity index (χ4n) is 5.16. The van der Waals surface area contributed by atoms with Gasteiger partial charge in [0.15, 0.2) is 0 Å². The smallest absolute Gasteiger partial charge is 0.0991 e. The van der Waals surface area contributed by atoms with Crippen LogP contribution < -0.4 is 0 Å². The van der Waals surface area contributed by atoms with Gasteiger partial charge in [-0.25, -0.2) is 4.68 Å². The van der Waals surface area contributed by atoms with Crippen LogP contribution in [0.25, 0.3) is 55.2 Å². The van der Waals surface area contributed by atoms with E-state index in [9.17, 15) is 5.26 Å². The molecule has 0 spiro atoms. The molecule has 0 saturated carbocycles. The third kappa shape index (κ3) is 3.04. The second kappa shape index (κ2) is 7.97. The third-order valence-corrected chi connectivity index (χ3v) is 6.82. The number of para-hydroxylation sites is 2. The highest BCUT2D eigenvalue weighted by atomic mass is 15.3. The highest BCUT2D eigenvalue weighted by Crippen LogP contribution is 2.37. The molecule has 0 radical (unpaired) electrons. The molecule has 7 rings (SSSR count). The maximum atomic E-state index is 9.29. The molecule has 4 heteroatoms. The van der Waals surface area contributed by atoms with Crippen molar-refractivity contribution in [2.45, 2.75) is 0 Å². The number of nitrogens with zero attached hydrogens (tertiary/aromatic N) is 4. The minimum atomic E-state index is 0.663. The molecule has 0 amide bonds. The molecule has 0 fully saturated rings. The standard InChI is InChI=1S/C32H20N4/c33-20-22-7-6-8-24(19-22)23-13-16-26(17-14-23)35-30-12-5-4-11-28(30)29-18-15-25-21-34-36(31(25)32(29)35)27-9-2-1-3-10-27/h1-19,21H. The van der Waals surface area contributed by atoms with Crippen LogP contribution in [0.5, 0.6) is 0 Å². The number of hydrogen-bond donors (Lipinski definition) is 0. The summed E-state index contributed by atoms with van der Waals surface area (Å²) >= 11 is 0. The molecule has 36 heavy (non-hydrogen) atoms. The van der Waals surface area contributed by atoms with Crippen LogP contribution in [0.15, 0.2) is 121 Å². The molecule has 2 aromatic heterocycles. The van der Waals surface area contributed by atoms with Crippen LogP contribution in [-0.4, -0.2) is 14.3 Å². The molecule has 0 unspecified atom stereocenters. The molecule has 0 saturated heterocycles. The van der Waals surface area contributed by atoms with Gasteiger partial charge in [-0.3, -0.25) is 0 Å². The van der Waals surface area contributed by atoms with Crippen molar-refractivity contribution in [1.29, 1.82) is 5.26 Å². The number of fused-ring (bicyclic) bond motifs is 5. The Bertz CT molecular complexity index is 1930. The van der Waals surface area contributed by atoms with Crippen LogP contribution in [0.2, 0.25) is 0 Å². The molecule has 0 aliphatic rings. The zero-order valence-electron chi connectivity index (χ0n) is 19.3. The van der Waals surface area contributed by atoms with E-state index in [1.807, 2.05) is 53.3 Å². The van der Waals surface area contributed by atoms with Gasteiger partial charge in [0.1, 0.15) is 0 Å². The van der Waals surface area contributed by atoms with E-state index in [0.29, 0.717) is 5.56 Å². The van der Waals surface area contributed by atoms with E-state index >= 15 is 0 Å². The van der Waals surface area contributed by atoms with E-state index in [1.165, 1.54) is 10.8 Å². The summed E-state index contributed by atoms with van der Waals surface area (Å²) in [6, 6.07) is 41.7. The van der Waals surface area contributed by atoms with Crippen LogP contribution in [-0.2, 0) is 0 Å². The van der Waals surface area contributed by atoms with E-state index in [-0.39, 0.29) is 0 Å². The predicted octanol–water partition coefficient (Wildman–Crippen LogP) is 7.66. The van der Waals surface area contributed by atoms with Gasteiger partial charge >= 0.3 is 0 Å². The monoisotopic (exact) mass is 460 g/mol. The summed E-state index contributed by atoms with van der Waals surface area (Å²) in [5, 5.41) is 17.6. The van der Waals surface area contributed by atoms with Crippen LogP contribution in [0.3, 0.4) is 0 Å². The van der Waals surface area contributed by atoms with E-state index < -0.39 is 0 Å². The lowest BCUT2D eigenvalue weighted by Gasteiger charge is -2.12. The van der Waals surface area contributed by atoms with Gasteiger partial charge < -0.3 is 4.57 Å². The first-order valence-electron chi connectivity index (χ1n) is 11.9. The number of benzene rings is 5. The Kier molecular flexibility index (Phi) is 4.48. The summed E-state index contributed by atoms with van der Waals surface area (Å²) in [6.45, 7) is 0. The Hall–Kier alpha value is -5.14. The van der Waals surface area contributed by atoms with Crippen molar-refractivity contribution < 1.29 is 0 Å². The van der Waals surface area contributed by atoms with E-state index in [1.54, 1.807) is 0 Å². The molecule has 5 aromatic carbocycles. The molecule has 0 aliphatic heterocycles. The topological polar surface area (TPSA) is 46.5 Å². The van der Waals surface area contributed by atoms with Gasteiger partial charge in [0.2, 0.25) is 0 Å². The molecule has 7 aromatic rings. The average molecular weight is 461 g/mol. The zero-order chi connectivity index (χ0) is 24.1. The number of rotatable bonds is 3. The average Bonchev–Trinajstić information content (AvgIpc) is 3.53. The Morgan fingerprint density at radius 2 is 1.42 bits per heavy atom. The molecule has 168 valence electrons. The zero-order valence-corrected chi connectivity index (χ0v) is 19.3. The first-order valence-corrected chi connectivity index (χ1v) is 11.9. The summed E-state index contributed by atoms with van der Waals surface area (Å²) in [4.78, 5) is 0. The Morgan fingerprint density at radius 3 is 2.25 bits per heavy atom. The Morgan fingerprint density at radius 1 is 0.611 bits per heavy atom. The molecule has 0 N–H and O–H groups in total. The van der Waals surface area contributed by atoms with Gasteiger partial charge in [-0.15, -0.1) is 0 Å². The minimum Gasteiger partial charge on any atom is -0.307 e. The number of hydrogen-bond acceptors (Lipinski definition) is 2. The molecule has 2 heterocycles. The van der Waals surface area contributed by atoms with Gasteiger partial charge in [-0.05, 0) is 53.6 Å². The van der Waals surface area contributed by atoms with Gasteiger partial charge in [0, 0.05) is 21.8 Å². The summed E-state index contributed by atoms with van der Waals surface area (Å²) in [5.41, 5.74) is 8.26.